The van der Waals surface area contributed by atoms with Crippen molar-refractivity contribution in [1.29, 1.82) is 0 Å². The van der Waals surface area contributed by atoms with Crippen LogP contribution in [0.3, 0.4) is 0 Å². The second-order valence-corrected chi connectivity index (χ2v) is 5.19. The Morgan fingerprint density at radius 1 is 1.19 bits per heavy atom. The molecule has 0 fully saturated rings. The van der Waals surface area contributed by atoms with E-state index in [9.17, 15) is 0 Å². The SMILES string of the molecule is CCn1cc(C(Cc2cccc3ccccc23)NN)cn1. The Labute approximate surface area is 124 Å². The third-order valence-corrected chi connectivity index (χ3v) is 3.88. The molecular formula is C17H20N4. The smallest absolute Gasteiger partial charge is 0.0538 e. The molecule has 0 radical (unpaired) electrons. The summed E-state index contributed by atoms with van der Waals surface area (Å²) in [5, 5.41) is 6.87. The molecule has 0 bridgehead atoms. The fourth-order valence-corrected chi connectivity index (χ4v) is 2.70. The normalized spacial score (nSPS) is 12.7. The molecule has 0 saturated carbocycles. The Morgan fingerprint density at radius 3 is 2.76 bits per heavy atom. The minimum atomic E-state index is 0.0658. The number of nitrogens with one attached hydrogen (secondary N) is 1. The summed E-state index contributed by atoms with van der Waals surface area (Å²) in [6, 6.07) is 14.9. The van der Waals surface area contributed by atoms with Gasteiger partial charge >= 0.3 is 0 Å². The highest BCUT2D eigenvalue weighted by Gasteiger charge is 2.14. The van der Waals surface area contributed by atoms with E-state index in [0.717, 1.165) is 18.5 Å². The maximum absolute atomic E-state index is 5.76. The molecular weight excluding hydrogens is 260 g/mol. The summed E-state index contributed by atoms with van der Waals surface area (Å²) in [5.74, 6) is 5.76. The zero-order chi connectivity index (χ0) is 14.7. The molecule has 0 amide bonds. The summed E-state index contributed by atoms with van der Waals surface area (Å²) in [7, 11) is 0. The number of rotatable bonds is 5. The van der Waals surface area contributed by atoms with E-state index < -0.39 is 0 Å². The molecule has 0 spiro atoms. The fourth-order valence-electron chi connectivity index (χ4n) is 2.70. The highest BCUT2D eigenvalue weighted by Crippen LogP contribution is 2.24. The van der Waals surface area contributed by atoms with Gasteiger partial charge in [-0.05, 0) is 29.7 Å². The van der Waals surface area contributed by atoms with Crippen molar-refractivity contribution in [2.45, 2.75) is 25.9 Å². The topological polar surface area (TPSA) is 55.9 Å². The highest BCUT2D eigenvalue weighted by atomic mass is 15.3. The van der Waals surface area contributed by atoms with E-state index in [1.807, 2.05) is 10.9 Å². The lowest BCUT2D eigenvalue weighted by atomic mass is 9.97. The Hall–Kier alpha value is -2.17. The highest BCUT2D eigenvalue weighted by molar-refractivity contribution is 5.85. The number of benzene rings is 2. The van der Waals surface area contributed by atoms with Crippen LogP contribution in [-0.4, -0.2) is 9.78 Å². The van der Waals surface area contributed by atoms with Gasteiger partial charge in [-0.15, -0.1) is 0 Å². The summed E-state index contributed by atoms with van der Waals surface area (Å²) < 4.78 is 1.92. The lowest BCUT2D eigenvalue weighted by molar-refractivity contribution is 0.552. The quantitative estimate of drug-likeness (QED) is 0.558. The molecule has 3 N–H and O–H groups in total. The molecule has 1 heterocycles. The minimum absolute atomic E-state index is 0.0658. The molecule has 4 heteroatoms. The van der Waals surface area contributed by atoms with Crippen molar-refractivity contribution < 1.29 is 0 Å². The number of hydrogen-bond donors (Lipinski definition) is 2. The molecule has 0 aliphatic heterocycles. The first-order valence-corrected chi connectivity index (χ1v) is 7.27. The largest absolute Gasteiger partial charge is 0.273 e. The van der Waals surface area contributed by atoms with Crippen molar-refractivity contribution in [3.05, 3.63) is 66.0 Å². The molecule has 108 valence electrons. The van der Waals surface area contributed by atoms with Crippen LogP contribution in [0.25, 0.3) is 10.8 Å². The van der Waals surface area contributed by atoms with Gasteiger partial charge in [0.25, 0.3) is 0 Å². The van der Waals surface area contributed by atoms with E-state index in [1.165, 1.54) is 16.3 Å². The van der Waals surface area contributed by atoms with Crippen molar-refractivity contribution in [3.8, 4) is 0 Å². The fraction of sp³-hybridized carbons (Fsp3) is 0.235. The van der Waals surface area contributed by atoms with Crippen LogP contribution in [-0.2, 0) is 13.0 Å². The van der Waals surface area contributed by atoms with E-state index in [-0.39, 0.29) is 6.04 Å². The van der Waals surface area contributed by atoms with Crippen molar-refractivity contribution in [2.24, 2.45) is 5.84 Å². The Balaban J connectivity index is 1.92. The van der Waals surface area contributed by atoms with E-state index in [2.05, 4.69) is 66.1 Å². The van der Waals surface area contributed by atoms with E-state index in [1.54, 1.807) is 0 Å². The van der Waals surface area contributed by atoms with Gasteiger partial charge in [-0.3, -0.25) is 16.0 Å². The second-order valence-electron chi connectivity index (χ2n) is 5.19. The zero-order valence-electron chi connectivity index (χ0n) is 12.2. The molecule has 1 aromatic heterocycles. The van der Waals surface area contributed by atoms with Crippen LogP contribution in [0.4, 0.5) is 0 Å². The van der Waals surface area contributed by atoms with Gasteiger partial charge in [-0.2, -0.15) is 5.10 Å². The minimum Gasteiger partial charge on any atom is -0.273 e. The Bertz CT molecular complexity index is 727. The molecule has 1 atom stereocenters. The van der Waals surface area contributed by atoms with Gasteiger partial charge in [-0.1, -0.05) is 42.5 Å². The number of aryl methyl sites for hydroxylation is 1. The number of hydrazine groups is 1. The van der Waals surface area contributed by atoms with E-state index in [0.29, 0.717) is 0 Å². The van der Waals surface area contributed by atoms with Crippen LogP contribution >= 0.6 is 0 Å². The molecule has 2 aromatic carbocycles. The molecule has 1 unspecified atom stereocenters. The molecule has 0 saturated heterocycles. The molecule has 3 aromatic rings. The first-order valence-electron chi connectivity index (χ1n) is 7.27. The first-order chi connectivity index (χ1) is 10.3. The third kappa shape index (κ3) is 2.82. The van der Waals surface area contributed by atoms with Gasteiger partial charge in [0, 0.05) is 18.3 Å². The maximum Gasteiger partial charge on any atom is 0.0538 e. The first kappa shape index (κ1) is 13.8. The number of fused-ring (bicyclic) bond motifs is 1. The number of nitrogens with two attached hydrogens (primary N) is 1. The van der Waals surface area contributed by atoms with Crippen molar-refractivity contribution in [3.63, 3.8) is 0 Å². The average molecular weight is 280 g/mol. The van der Waals surface area contributed by atoms with E-state index >= 15 is 0 Å². The average Bonchev–Trinajstić information content (AvgIpc) is 3.01. The number of aromatic nitrogens is 2. The van der Waals surface area contributed by atoms with Gasteiger partial charge in [-0.25, -0.2) is 0 Å². The lowest BCUT2D eigenvalue weighted by Crippen LogP contribution is -2.29. The van der Waals surface area contributed by atoms with Crippen molar-refractivity contribution in [1.82, 2.24) is 15.2 Å². The van der Waals surface area contributed by atoms with E-state index in [4.69, 9.17) is 5.84 Å². The molecule has 3 rings (SSSR count). The summed E-state index contributed by atoms with van der Waals surface area (Å²) in [5.41, 5.74) is 5.33. The van der Waals surface area contributed by atoms with Crippen LogP contribution in [0, 0.1) is 0 Å². The predicted octanol–water partition coefficient (Wildman–Crippen LogP) is 2.80. The molecule has 0 aliphatic rings. The Morgan fingerprint density at radius 2 is 2.00 bits per heavy atom. The number of hydrogen-bond acceptors (Lipinski definition) is 3. The van der Waals surface area contributed by atoms with Gasteiger partial charge < -0.3 is 0 Å². The summed E-state index contributed by atoms with van der Waals surface area (Å²) in [4.78, 5) is 0. The molecule has 4 nitrogen and oxygen atoms in total. The standard InChI is InChI=1S/C17H20N4/c1-2-21-12-15(11-19-21)17(20-18)10-14-8-5-7-13-6-3-4-9-16(13)14/h3-9,11-12,17,20H,2,10,18H2,1H3. The summed E-state index contributed by atoms with van der Waals surface area (Å²) >= 11 is 0. The number of nitrogens with zero attached hydrogens (tertiary/aromatic N) is 2. The maximum atomic E-state index is 5.76. The monoisotopic (exact) mass is 280 g/mol. The predicted molar refractivity (Wildman–Crippen MR) is 85.6 cm³/mol. The van der Waals surface area contributed by atoms with Gasteiger partial charge in [0.1, 0.15) is 0 Å². The summed E-state index contributed by atoms with van der Waals surface area (Å²) in [6.07, 6.45) is 4.78. The third-order valence-electron chi connectivity index (χ3n) is 3.88. The van der Waals surface area contributed by atoms with Crippen molar-refractivity contribution in [2.75, 3.05) is 0 Å². The van der Waals surface area contributed by atoms with Gasteiger partial charge in [0.2, 0.25) is 0 Å². The van der Waals surface area contributed by atoms with Crippen LogP contribution in [0.5, 0.6) is 0 Å². The molecule has 21 heavy (non-hydrogen) atoms. The van der Waals surface area contributed by atoms with Crippen LogP contribution < -0.4 is 11.3 Å². The van der Waals surface area contributed by atoms with Crippen LogP contribution in [0.2, 0.25) is 0 Å². The van der Waals surface area contributed by atoms with Crippen LogP contribution in [0.15, 0.2) is 54.9 Å². The zero-order valence-corrected chi connectivity index (χ0v) is 12.2. The van der Waals surface area contributed by atoms with Gasteiger partial charge in [0.05, 0.1) is 12.2 Å². The molecule has 0 aliphatic carbocycles. The Kier molecular flexibility index (Phi) is 3.99. The summed E-state index contributed by atoms with van der Waals surface area (Å²) in [6.45, 7) is 2.94. The second kappa shape index (κ2) is 6.08. The van der Waals surface area contributed by atoms with Crippen molar-refractivity contribution >= 4 is 10.8 Å². The van der Waals surface area contributed by atoms with Crippen LogP contribution in [0.1, 0.15) is 24.1 Å². The van der Waals surface area contributed by atoms with Gasteiger partial charge in [0.15, 0.2) is 0 Å². The lowest BCUT2D eigenvalue weighted by Gasteiger charge is -2.15.